The van der Waals surface area contributed by atoms with Crippen molar-refractivity contribution in [2.24, 2.45) is 0 Å². The second kappa shape index (κ2) is 9.34. The predicted octanol–water partition coefficient (Wildman–Crippen LogP) is 4.08. The summed E-state index contributed by atoms with van der Waals surface area (Å²) in [5, 5.41) is 4.56. The number of amides is 1. The average Bonchev–Trinajstić information content (AvgIpc) is 3.41. The van der Waals surface area contributed by atoms with Crippen molar-refractivity contribution in [3.8, 4) is 11.8 Å². The van der Waals surface area contributed by atoms with Crippen LogP contribution in [0.3, 0.4) is 0 Å². The Balaban J connectivity index is 1.37. The molecule has 1 atom stereocenters. The van der Waals surface area contributed by atoms with Gasteiger partial charge in [-0.15, -0.1) is 11.3 Å². The van der Waals surface area contributed by atoms with E-state index < -0.39 is 22.0 Å². The van der Waals surface area contributed by atoms with E-state index >= 15 is 0 Å². The van der Waals surface area contributed by atoms with Crippen molar-refractivity contribution in [1.29, 1.82) is 0 Å². The Morgan fingerprint density at radius 3 is 2.41 bits per heavy atom. The van der Waals surface area contributed by atoms with Crippen molar-refractivity contribution in [2.45, 2.75) is 23.2 Å². The molecule has 10 heteroatoms. The molecule has 2 aromatic heterocycles. The van der Waals surface area contributed by atoms with Crippen LogP contribution < -0.4 is 10.1 Å². The first-order valence-corrected chi connectivity index (χ1v) is 12.8. The topological polar surface area (TPSA) is 101 Å². The molecule has 8 nitrogen and oxygen atoms in total. The number of anilines is 1. The van der Waals surface area contributed by atoms with Crippen LogP contribution in [0.1, 0.15) is 11.1 Å². The lowest BCUT2D eigenvalue weighted by Crippen LogP contribution is -2.50. The molecule has 1 amide bonds. The van der Waals surface area contributed by atoms with Crippen LogP contribution >= 0.6 is 11.3 Å². The summed E-state index contributed by atoms with van der Waals surface area (Å²) in [6.07, 6.45) is 3.45. The molecule has 5 rings (SSSR count). The van der Waals surface area contributed by atoms with E-state index in [0.717, 1.165) is 22.5 Å². The van der Waals surface area contributed by atoms with Gasteiger partial charge in [0.05, 0.1) is 0 Å². The van der Waals surface area contributed by atoms with Gasteiger partial charge in [-0.2, -0.15) is 4.31 Å². The number of thiophene rings is 1. The maximum atomic E-state index is 13.4. The zero-order valence-electron chi connectivity index (χ0n) is 17.9. The Kier molecular flexibility index (Phi) is 6.10. The molecule has 0 aliphatic carbocycles. The number of ether oxygens (including phenoxy) is 1. The molecule has 0 unspecified atom stereocenters. The molecular formula is C24H20N4O4S2. The van der Waals surface area contributed by atoms with Gasteiger partial charge < -0.3 is 10.1 Å². The predicted molar refractivity (Wildman–Crippen MR) is 128 cm³/mol. The van der Waals surface area contributed by atoms with Crippen LogP contribution in [0.5, 0.6) is 11.8 Å². The third-order valence-corrected chi connectivity index (χ3v) is 8.67. The number of aromatic nitrogens is 2. The van der Waals surface area contributed by atoms with Gasteiger partial charge in [-0.1, -0.05) is 30.3 Å². The Hall–Kier alpha value is -3.60. The number of fused-ring (bicyclic) bond motifs is 1. The Morgan fingerprint density at radius 2 is 1.71 bits per heavy atom. The fourth-order valence-corrected chi connectivity index (χ4v) is 6.46. The average molecular weight is 493 g/mol. The lowest BCUT2D eigenvalue weighted by Gasteiger charge is -2.34. The minimum atomic E-state index is -3.83. The van der Waals surface area contributed by atoms with Crippen LogP contribution in [0.25, 0.3) is 0 Å². The van der Waals surface area contributed by atoms with Crippen LogP contribution in [0.4, 0.5) is 5.69 Å². The first kappa shape index (κ1) is 22.2. The maximum Gasteiger partial charge on any atom is 0.321 e. The van der Waals surface area contributed by atoms with Gasteiger partial charge >= 0.3 is 6.01 Å². The number of benzene rings is 2. The lowest BCUT2D eigenvalue weighted by atomic mass is 9.95. The Labute approximate surface area is 200 Å². The smallest absolute Gasteiger partial charge is 0.321 e. The van der Waals surface area contributed by atoms with Gasteiger partial charge in [-0.3, -0.25) is 4.79 Å². The van der Waals surface area contributed by atoms with E-state index in [0.29, 0.717) is 17.9 Å². The molecule has 0 saturated carbocycles. The molecule has 172 valence electrons. The number of carbonyl (C=O) groups is 1. The first-order chi connectivity index (χ1) is 16.5. The molecule has 0 bridgehead atoms. The summed E-state index contributed by atoms with van der Waals surface area (Å²) in [6, 6.07) is 18.6. The third-order valence-electron chi connectivity index (χ3n) is 5.44. The van der Waals surface area contributed by atoms with Gasteiger partial charge in [-0.05, 0) is 59.3 Å². The molecule has 0 saturated heterocycles. The molecule has 1 N–H and O–H groups in total. The minimum Gasteiger partial charge on any atom is -0.424 e. The molecule has 4 aromatic rings. The van der Waals surface area contributed by atoms with Crippen molar-refractivity contribution in [3.63, 3.8) is 0 Å². The molecule has 2 aromatic carbocycles. The fraction of sp³-hybridized carbons (Fsp3) is 0.125. The lowest BCUT2D eigenvalue weighted by molar-refractivity contribution is -0.120. The van der Waals surface area contributed by atoms with E-state index in [1.54, 1.807) is 60.2 Å². The van der Waals surface area contributed by atoms with Crippen LogP contribution in [-0.4, -0.2) is 34.6 Å². The summed E-state index contributed by atoms with van der Waals surface area (Å²) in [5.41, 5.74) is 2.39. The van der Waals surface area contributed by atoms with Crippen molar-refractivity contribution in [2.75, 3.05) is 5.32 Å². The number of carbonyl (C=O) groups excluding carboxylic acids is 1. The van der Waals surface area contributed by atoms with E-state index in [9.17, 15) is 13.2 Å². The number of hydrogen-bond acceptors (Lipinski definition) is 7. The number of hydrogen-bond donors (Lipinski definition) is 1. The molecule has 34 heavy (non-hydrogen) atoms. The fourth-order valence-electron chi connectivity index (χ4n) is 3.78. The summed E-state index contributed by atoms with van der Waals surface area (Å²) in [5.74, 6) is 0.118. The molecule has 1 aliphatic heterocycles. The van der Waals surface area contributed by atoms with Crippen LogP contribution in [-0.2, 0) is 27.8 Å². The van der Waals surface area contributed by atoms with Crippen molar-refractivity contribution in [1.82, 2.24) is 14.3 Å². The van der Waals surface area contributed by atoms with E-state index in [-0.39, 0.29) is 16.8 Å². The molecular weight excluding hydrogens is 472 g/mol. The highest BCUT2D eigenvalue weighted by Gasteiger charge is 2.40. The Bertz CT molecular complexity index is 1390. The standard InChI is InChI=1S/C24H20N4O4S2/c29-23(27-19-8-10-20(11-9-19)32-24-25-12-4-13-26-24)21-15-17-5-1-2-6-18(17)16-28(21)34(30,31)22-7-3-14-33-22/h1-14,21H,15-16H2,(H,27,29)/t21-/m0/s1. The maximum absolute atomic E-state index is 13.4. The summed E-state index contributed by atoms with van der Waals surface area (Å²) < 4.78 is 33.8. The second-order valence-electron chi connectivity index (χ2n) is 7.62. The zero-order valence-corrected chi connectivity index (χ0v) is 19.5. The van der Waals surface area contributed by atoms with Crippen LogP contribution in [0.15, 0.2) is 88.7 Å². The van der Waals surface area contributed by atoms with E-state index in [1.807, 2.05) is 24.3 Å². The summed E-state index contributed by atoms with van der Waals surface area (Å²) >= 11 is 1.14. The first-order valence-electron chi connectivity index (χ1n) is 10.5. The monoisotopic (exact) mass is 492 g/mol. The van der Waals surface area contributed by atoms with Crippen molar-refractivity contribution < 1.29 is 17.9 Å². The third kappa shape index (κ3) is 4.56. The van der Waals surface area contributed by atoms with Gasteiger partial charge in [0.2, 0.25) is 5.91 Å². The Morgan fingerprint density at radius 1 is 0.971 bits per heavy atom. The molecule has 3 heterocycles. The van der Waals surface area contributed by atoms with Crippen molar-refractivity contribution in [3.05, 3.63) is 95.6 Å². The van der Waals surface area contributed by atoms with E-state index in [2.05, 4.69) is 15.3 Å². The van der Waals surface area contributed by atoms with Crippen LogP contribution in [0, 0.1) is 0 Å². The van der Waals surface area contributed by atoms with Crippen LogP contribution in [0.2, 0.25) is 0 Å². The quantitative estimate of drug-likeness (QED) is 0.435. The summed E-state index contributed by atoms with van der Waals surface area (Å²) in [6.45, 7) is 0.137. The normalized spacial score (nSPS) is 15.9. The molecule has 0 fully saturated rings. The van der Waals surface area contributed by atoms with Gasteiger partial charge in [0.25, 0.3) is 10.0 Å². The second-order valence-corrected chi connectivity index (χ2v) is 10.7. The van der Waals surface area contributed by atoms with Gasteiger partial charge in [0.15, 0.2) is 0 Å². The highest BCUT2D eigenvalue weighted by atomic mass is 32.2. The SMILES string of the molecule is O=C(Nc1ccc(Oc2ncccn2)cc1)[C@@H]1Cc2ccccc2CN1S(=O)(=O)c1cccs1. The van der Waals surface area contributed by atoms with Gasteiger partial charge in [0.1, 0.15) is 16.0 Å². The summed E-state index contributed by atoms with van der Waals surface area (Å²) in [4.78, 5) is 21.3. The van der Waals surface area contributed by atoms with E-state index in [4.69, 9.17) is 4.74 Å². The van der Waals surface area contributed by atoms with Gasteiger partial charge in [-0.25, -0.2) is 18.4 Å². The minimum absolute atomic E-state index is 0.137. The number of nitrogens with one attached hydrogen (secondary N) is 1. The number of rotatable bonds is 6. The molecule has 0 spiro atoms. The number of nitrogens with zero attached hydrogens (tertiary/aromatic N) is 3. The number of sulfonamides is 1. The summed E-state index contributed by atoms with van der Waals surface area (Å²) in [7, 11) is -3.83. The van der Waals surface area contributed by atoms with E-state index in [1.165, 1.54) is 4.31 Å². The highest BCUT2D eigenvalue weighted by Crippen LogP contribution is 2.31. The molecule has 0 radical (unpaired) electrons. The zero-order chi connectivity index (χ0) is 23.5. The largest absolute Gasteiger partial charge is 0.424 e. The molecule has 1 aliphatic rings. The van der Waals surface area contributed by atoms with Crippen molar-refractivity contribution >= 4 is 33.0 Å². The van der Waals surface area contributed by atoms with Gasteiger partial charge in [0, 0.05) is 24.6 Å². The highest BCUT2D eigenvalue weighted by molar-refractivity contribution is 7.91.